The molecular formula is C16H15ClN2O3. The Morgan fingerprint density at radius 2 is 1.86 bits per heavy atom. The zero-order valence-electron chi connectivity index (χ0n) is 11.7. The van der Waals surface area contributed by atoms with Crippen LogP contribution in [0.3, 0.4) is 0 Å². The SMILES string of the molecule is NC(=O)NC(c1ccc2c(c1)OCCO2)c1ccccc1Cl. The number of fused-ring (bicyclic) bond motifs is 1. The smallest absolute Gasteiger partial charge is 0.312 e. The van der Waals surface area contributed by atoms with Gasteiger partial charge in [-0.2, -0.15) is 0 Å². The van der Waals surface area contributed by atoms with Crippen LogP contribution in [0.4, 0.5) is 4.79 Å². The van der Waals surface area contributed by atoms with E-state index in [0.29, 0.717) is 29.7 Å². The first kappa shape index (κ1) is 14.5. The molecule has 0 saturated heterocycles. The van der Waals surface area contributed by atoms with E-state index in [1.54, 1.807) is 6.07 Å². The summed E-state index contributed by atoms with van der Waals surface area (Å²) in [5.41, 5.74) is 6.89. The Morgan fingerprint density at radius 1 is 1.14 bits per heavy atom. The molecule has 0 bridgehead atoms. The van der Waals surface area contributed by atoms with E-state index in [2.05, 4.69) is 5.32 Å². The van der Waals surface area contributed by atoms with E-state index in [4.69, 9.17) is 26.8 Å². The number of carbonyl (C=O) groups is 1. The van der Waals surface area contributed by atoms with Gasteiger partial charge in [0.2, 0.25) is 0 Å². The van der Waals surface area contributed by atoms with Crippen LogP contribution < -0.4 is 20.5 Å². The van der Waals surface area contributed by atoms with Crippen molar-refractivity contribution in [3.63, 3.8) is 0 Å². The number of rotatable bonds is 3. The lowest BCUT2D eigenvalue weighted by molar-refractivity contribution is 0.171. The third kappa shape index (κ3) is 2.94. The first-order chi connectivity index (χ1) is 10.6. The molecule has 1 unspecified atom stereocenters. The number of benzene rings is 2. The average Bonchev–Trinajstić information content (AvgIpc) is 2.53. The van der Waals surface area contributed by atoms with Gasteiger partial charge in [0.05, 0.1) is 6.04 Å². The minimum absolute atomic E-state index is 0.456. The van der Waals surface area contributed by atoms with Crippen LogP contribution in [0.25, 0.3) is 0 Å². The lowest BCUT2D eigenvalue weighted by Crippen LogP contribution is -2.34. The van der Waals surface area contributed by atoms with Crippen molar-refractivity contribution in [2.75, 3.05) is 13.2 Å². The number of urea groups is 1. The number of hydrogen-bond donors (Lipinski definition) is 2. The van der Waals surface area contributed by atoms with Crippen molar-refractivity contribution in [2.24, 2.45) is 5.73 Å². The lowest BCUT2D eigenvalue weighted by atomic mass is 9.98. The van der Waals surface area contributed by atoms with E-state index < -0.39 is 12.1 Å². The average molecular weight is 319 g/mol. The fourth-order valence-electron chi connectivity index (χ4n) is 2.43. The first-order valence-corrected chi connectivity index (χ1v) is 7.23. The van der Waals surface area contributed by atoms with Crippen molar-refractivity contribution in [3.05, 3.63) is 58.6 Å². The van der Waals surface area contributed by atoms with Gasteiger partial charge >= 0.3 is 6.03 Å². The van der Waals surface area contributed by atoms with Crippen LogP contribution in [-0.4, -0.2) is 19.2 Å². The first-order valence-electron chi connectivity index (χ1n) is 6.85. The number of primary amides is 1. The largest absolute Gasteiger partial charge is 0.486 e. The summed E-state index contributed by atoms with van der Waals surface area (Å²) < 4.78 is 11.1. The maximum absolute atomic E-state index is 11.4. The second-order valence-electron chi connectivity index (χ2n) is 4.87. The lowest BCUT2D eigenvalue weighted by Gasteiger charge is -2.23. The summed E-state index contributed by atoms with van der Waals surface area (Å²) in [6, 6.07) is 11.7. The molecule has 3 N–H and O–H groups in total. The van der Waals surface area contributed by atoms with Gasteiger partial charge in [0.1, 0.15) is 13.2 Å². The molecule has 5 nitrogen and oxygen atoms in total. The number of amides is 2. The molecule has 22 heavy (non-hydrogen) atoms. The quantitative estimate of drug-likeness (QED) is 0.914. The summed E-state index contributed by atoms with van der Waals surface area (Å²) in [4.78, 5) is 11.4. The second-order valence-corrected chi connectivity index (χ2v) is 5.27. The molecule has 3 rings (SSSR count). The second kappa shape index (κ2) is 6.15. The molecule has 0 aromatic heterocycles. The normalized spacial score (nSPS) is 14.2. The van der Waals surface area contributed by atoms with Gasteiger partial charge in [-0.15, -0.1) is 0 Å². The van der Waals surface area contributed by atoms with Gasteiger partial charge in [-0.1, -0.05) is 35.9 Å². The van der Waals surface area contributed by atoms with E-state index in [1.807, 2.05) is 36.4 Å². The highest BCUT2D eigenvalue weighted by Gasteiger charge is 2.21. The van der Waals surface area contributed by atoms with Crippen LogP contribution in [0.15, 0.2) is 42.5 Å². The Labute approximate surface area is 133 Å². The molecule has 0 spiro atoms. The van der Waals surface area contributed by atoms with Gasteiger partial charge in [-0.05, 0) is 29.3 Å². The van der Waals surface area contributed by atoms with E-state index in [-0.39, 0.29) is 0 Å². The molecule has 6 heteroatoms. The van der Waals surface area contributed by atoms with E-state index >= 15 is 0 Å². The summed E-state index contributed by atoms with van der Waals surface area (Å²) in [6.07, 6.45) is 0. The van der Waals surface area contributed by atoms with Gasteiger partial charge < -0.3 is 20.5 Å². The fraction of sp³-hybridized carbons (Fsp3) is 0.188. The highest BCUT2D eigenvalue weighted by molar-refractivity contribution is 6.31. The zero-order chi connectivity index (χ0) is 15.5. The van der Waals surface area contributed by atoms with Crippen LogP contribution in [0.1, 0.15) is 17.2 Å². The molecule has 1 heterocycles. The van der Waals surface area contributed by atoms with Crippen LogP contribution in [0.5, 0.6) is 11.5 Å². The van der Waals surface area contributed by atoms with E-state index in [1.165, 1.54) is 0 Å². The maximum Gasteiger partial charge on any atom is 0.312 e. The third-order valence-electron chi connectivity index (χ3n) is 3.40. The molecule has 2 amide bonds. The summed E-state index contributed by atoms with van der Waals surface area (Å²) in [6.45, 7) is 1.02. The van der Waals surface area contributed by atoms with Crippen molar-refractivity contribution in [1.82, 2.24) is 5.32 Å². The number of halogens is 1. The summed E-state index contributed by atoms with van der Waals surface area (Å²) in [7, 11) is 0. The Bertz CT molecular complexity index is 706. The van der Waals surface area contributed by atoms with Crippen LogP contribution >= 0.6 is 11.6 Å². The molecule has 0 saturated carbocycles. The van der Waals surface area contributed by atoms with Gasteiger partial charge in [0, 0.05) is 5.02 Å². The zero-order valence-corrected chi connectivity index (χ0v) is 12.5. The molecule has 1 atom stereocenters. The van der Waals surface area contributed by atoms with Gasteiger partial charge in [-0.25, -0.2) is 4.79 Å². The highest BCUT2D eigenvalue weighted by Crippen LogP contribution is 2.35. The van der Waals surface area contributed by atoms with Crippen molar-refractivity contribution < 1.29 is 14.3 Å². The minimum Gasteiger partial charge on any atom is -0.486 e. The molecule has 0 radical (unpaired) electrons. The number of ether oxygens (including phenoxy) is 2. The molecule has 1 aliphatic rings. The molecular weight excluding hydrogens is 304 g/mol. The predicted octanol–water partition coefficient (Wildman–Crippen LogP) is 2.87. The standard InChI is InChI=1S/C16H15ClN2O3/c17-12-4-2-1-3-11(12)15(19-16(18)20)10-5-6-13-14(9-10)22-8-7-21-13/h1-6,9,15H,7-8H2,(H3,18,19,20). The van der Waals surface area contributed by atoms with E-state index in [9.17, 15) is 4.79 Å². The van der Waals surface area contributed by atoms with Crippen LogP contribution in [0, 0.1) is 0 Å². The Balaban J connectivity index is 2.02. The van der Waals surface area contributed by atoms with Crippen molar-refractivity contribution in [2.45, 2.75) is 6.04 Å². The minimum atomic E-state index is -0.625. The third-order valence-corrected chi connectivity index (χ3v) is 3.75. The van der Waals surface area contributed by atoms with E-state index in [0.717, 1.165) is 11.1 Å². The van der Waals surface area contributed by atoms with Gasteiger partial charge in [0.25, 0.3) is 0 Å². The molecule has 0 fully saturated rings. The van der Waals surface area contributed by atoms with Crippen molar-refractivity contribution in [3.8, 4) is 11.5 Å². The number of hydrogen-bond acceptors (Lipinski definition) is 3. The summed E-state index contributed by atoms with van der Waals surface area (Å²) in [5, 5.41) is 3.27. The van der Waals surface area contributed by atoms with Gasteiger partial charge in [0.15, 0.2) is 11.5 Å². The number of carbonyl (C=O) groups excluding carboxylic acids is 1. The van der Waals surface area contributed by atoms with Crippen LogP contribution in [-0.2, 0) is 0 Å². The molecule has 114 valence electrons. The Kier molecular flexibility index (Phi) is 4.06. The molecule has 1 aliphatic heterocycles. The molecule has 2 aromatic rings. The number of nitrogens with two attached hydrogens (primary N) is 1. The topological polar surface area (TPSA) is 73.6 Å². The Morgan fingerprint density at radius 3 is 2.59 bits per heavy atom. The van der Waals surface area contributed by atoms with Crippen LogP contribution in [0.2, 0.25) is 5.02 Å². The van der Waals surface area contributed by atoms with Gasteiger partial charge in [-0.3, -0.25) is 0 Å². The monoisotopic (exact) mass is 318 g/mol. The van der Waals surface area contributed by atoms with Crippen molar-refractivity contribution >= 4 is 17.6 Å². The maximum atomic E-state index is 11.4. The van der Waals surface area contributed by atoms with Crippen molar-refractivity contribution in [1.29, 1.82) is 0 Å². The summed E-state index contributed by atoms with van der Waals surface area (Å²) in [5.74, 6) is 1.33. The highest BCUT2D eigenvalue weighted by atomic mass is 35.5. The predicted molar refractivity (Wildman–Crippen MR) is 83.4 cm³/mol. The molecule has 0 aliphatic carbocycles. The number of nitrogens with one attached hydrogen (secondary N) is 1. The Hall–Kier alpha value is -2.40. The fourth-order valence-corrected chi connectivity index (χ4v) is 2.68. The summed E-state index contributed by atoms with van der Waals surface area (Å²) >= 11 is 6.25. The molecule has 2 aromatic carbocycles.